The van der Waals surface area contributed by atoms with Crippen molar-refractivity contribution in [3.8, 4) is 11.3 Å². The van der Waals surface area contributed by atoms with Gasteiger partial charge in [-0.3, -0.25) is 9.97 Å². The van der Waals surface area contributed by atoms with Crippen LogP contribution < -0.4 is 0 Å². The van der Waals surface area contributed by atoms with E-state index >= 15 is 0 Å². The molecule has 0 amide bonds. The molecular weight excluding hydrogens is 208 g/mol. The van der Waals surface area contributed by atoms with Gasteiger partial charge >= 0.3 is 0 Å². The van der Waals surface area contributed by atoms with E-state index in [1.165, 1.54) is 5.56 Å². The van der Waals surface area contributed by atoms with Gasteiger partial charge in [0.25, 0.3) is 0 Å². The summed E-state index contributed by atoms with van der Waals surface area (Å²) < 4.78 is 0. The largest absolute Gasteiger partial charge is 0.265 e. The van der Waals surface area contributed by atoms with Crippen LogP contribution in [0.25, 0.3) is 11.3 Å². The van der Waals surface area contributed by atoms with E-state index < -0.39 is 0 Å². The van der Waals surface area contributed by atoms with Gasteiger partial charge in [0.1, 0.15) is 0 Å². The molecule has 0 radical (unpaired) electrons. The fourth-order valence-corrected chi connectivity index (χ4v) is 1.83. The molecule has 0 unspecified atom stereocenters. The molecule has 0 N–H and O–H groups in total. The minimum absolute atomic E-state index is 0.305. The van der Waals surface area contributed by atoms with E-state index in [1.54, 1.807) is 12.4 Å². The average Bonchev–Trinajstić information content (AvgIpc) is 2.29. The standard InChI is InChI=1S/C15H18N2/c1-15(2,3)10-12-4-5-14(17-11-12)13-6-8-16-9-7-13/h4-9,11H,10H2,1-3H3. The van der Waals surface area contributed by atoms with Crippen LogP contribution in [0.3, 0.4) is 0 Å². The fraction of sp³-hybridized carbons (Fsp3) is 0.333. The molecule has 0 aliphatic heterocycles. The van der Waals surface area contributed by atoms with E-state index in [1.807, 2.05) is 18.3 Å². The number of pyridine rings is 2. The van der Waals surface area contributed by atoms with Gasteiger partial charge < -0.3 is 0 Å². The fourth-order valence-electron chi connectivity index (χ4n) is 1.83. The molecule has 88 valence electrons. The number of nitrogens with zero attached hydrogens (tertiary/aromatic N) is 2. The van der Waals surface area contributed by atoms with Crippen LogP contribution in [0.15, 0.2) is 42.9 Å². The maximum Gasteiger partial charge on any atom is 0.0703 e. The highest BCUT2D eigenvalue weighted by Crippen LogP contribution is 2.22. The molecular formula is C15H18N2. The summed E-state index contributed by atoms with van der Waals surface area (Å²) in [5, 5.41) is 0. The lowest BCUT2D eigenvalue weighted by Crippen LogP contribution is -2.09. The molecule has 0 aromatic carbocycles. The third kappa shape index (κ3) is 3.38. The lowest BCUT2D eigenvalue weighted by Gasteiger charge is -2.17. The average molecular weight is 226 g/mol. The van der Waals surface area contributed by atoms with E-state index in [-0.39, 0.29) is 0 Å². The van der Waals surface area contributed by atoms with Crippen LogP contribution in [-0.2, 0) is 6.42 Å². The smallest absolute Gasteiger partial charge is 0.0703 e. The van der Waals surface area contributed by atoms with Gasteiger partial charge in [-0.15, -0.1) is 0 Å². The zero-order valence-electron chi connectivity index (χ0n) is 10.6. The third-order valence-corrected chi connectivity index (χ3v) is 2.54. The summed E-state index contributed by atoms with van der Waals surface area (Å²) >= 11 is 0. The first-order chi connectivity index (χ1) is 8.04. The molecule has 2 rings (SSSR count). The summed E-state index contributed by atoms with van der Waals surface area (Å²) in [4.78, 5) is 8.51. The first kappa shape index (κ1) is 11.8. The Morgan fingerprint density at radius 1 is 1.00 bits per heavy atom. The second kappa shape index (κ2) is 4.66. The molecule has 2 heteroatoms. The third-order valence-electron chi connectivity index (χ3n) is 2.54. The Morgan fingerprint density at radius 2 is 1.71 bits per heavy atom. The molecule has 0 saturated heterocycles. The zero-order chi connectivity index (χ0) is 12.3. The molecule has 0 spiro atoms. The van der Waals surface area contributed by atoms with Crippen LogP contribution in [0.5, 0.6) is 0 Å². The second-order valence-corrected chi connectivity index (χ2v) is 5.53. The van der Waals surface area contributed by atoms with Crippen molar-refractivity contribution in [3.05, 3.63) is 48.4 Å². The van der Waals surface area contributed by atoms with Crippen LogP contribution in [0.1, 0.15) is 26.3 Å². The Balaban J connectivity index is 2.19. The minimum Gasteiger partial charge on any atom is -0.265 e. The van der Waals surface area contributed by atoms with Crippen LogP contribution in [0.2, 0.25) is 0 Å². The molecule has 0 fully saturated rings. The topological polar surface area (TPSA) is 25.8 Å². The highest BCUT2D eigenvalue weighted by molar-refractivity contribution is 5.57. The van der Waals surface area contributed by atoms with Gasteiger partial charge in [-0.25, -0.2) is 0 Å². The SMILES string of the molecule is CC(C)(C)Cc1ccc(-c2ccncc2)nc1. The Hall–Kier alpha value is -1.70. The van der Waals surface area contributed by atoms with Crippen molar-refractivity contribution in [2.45, 2.75) is 27.2 Å². The maximum atomic E-state index is 4.51. The van der Waals surface area contributed by atoms with Gasteiger partial charge in [0.05, 0.1) is 5.69 Å². The lowest BCUT2D eigenvalue weighted by molar-refractivity contribution is 0.411. The van der Waals surface area contributed by atoms with Gasteiger partial charge in [-0.05, 0) is 35.6 Å². The van der Waals surface area contributed by atoms with E-state index in [9.17, 15) is 0 Å². The molecule has 0 bridgehead atoms. The highest BCUT2D eigenvalue weighted by Gasteiger charge is 2.11. The summed E-state index contributed by atoms with van der Waals surface area (Å²) in [7, 11) is 0. The van der Waals surface area contributed by atoms with Crippen molar-refractivity contribution in [3.63, 3.8) is 0 Å². The van der Waals surface area contributed by atoms with Crippen LogP contribution >= 0.6 is 0 Å². The van der Waals surface area contributed by atoms with Crippen LogP contribution in [-0.4, -0.2) is 9.97 Å². The first-order valence-electron chi connectivity index (χ1n) is 5.90. The minimum atomic E-state index is 0.305. The number of hydrogen-bond acceptors (Lipinski definition) is 2. The quantitative estimate of drug-likeness (QED) is 0.779. The van der Waals surface area contributed by atoms with Gasteiger partial charge in [0, 0.05) is 24.2 Å². The maximum absolute atomic E-state index is 4.51. The molecule has 0 atom stereocenters. The van der Waals surface area contributed by atoms with Crippen molar-refractivity contribution in [1.29, 1.82) is 0 Å². The van der Waals surface area contributed by atoms with E-state index in [0.29, 0.717) is 5.41 Å². The monoisotopic (exact) mass is 226 g/mol. The molecule has 0 aliphatic rings. The van der Waals surface area contributed by atoms with Gasteiger partial charge in [-0.1, -0.05) is 26.8 Å². The Labute approximate surface area is 103 Å². The predicted octanol–water partition coefficient (Wildman–Crippen LogP) is 3.73. The predicted molar refractivity (Wildman–Crippen MR) is 70.6 cm³/mol. The second-order valence-electron chi connectivity index (χ2n) is 5.53. The number of rotatable bonds is 2. The van der Waals surface area contributed by atoms with Crippen LogP contribution in [0, 0.1) is 5.41 Å². The molecule has 2 heterocycles. The summed E-state index contributed by atoms with van der Waals surface area (Å²) in [6.07, 6.45) is 6.61. The molecule has 2 aromatic heterocycles. The molecule has 0 aliphatic carbocycles. The van der Waals surface area contributed by atoms with Crippen molar-refractivity contribution in [1.82, 2.24) is 9.97 Å². The van der Waals surface area contributed by atoms with Crippen molar-refractivity contribution in [2.75, 3.05) is 0 Å². The zero-order valence-corrected chi connectivity index (χ0v) is 10.6. The highest BCUT2D eigenvalue weighted by atomic mass is 14.7. The summed E-state index contributed by atoms with van der Waals surface area (Å²) in [6, 6.07) is 8.20. The molecule has 2 aromatic rings. The van der Waals surface area contributed by atoms with E-state index in [4.69, 9.17) is 0 Å². The van der Waals surface area contributed by atoms with Crippen LogP contribution in [0.4, 0.5) is 0 Å². The molecule has 0 saturated carbocycles. The molecule has 17 heavy (non-hydrogen) atoms. The van der Waals surface area contributed by atoms with Gasteiger partial charge in [0.15, 0.2) is 0 Å². The summed E-state index contributed by atoms with van der Waals surface area (Å²) in [5.41, 5.74) is 3.71. The van der Waals surface area contributed by atoms with Gasteiger partial charge in [-0.2, -0.15) is 0 Å². The number of hydrogen-bond donors (Lipinski definition) is 0. The Kier molecular flexibility index (Phi) is 3.23. The van der Waals surface area contributed by atoms with E-state index in [0.717, 1.165) is 17.7 Å². The van der Waals surface area contributed by atoms with Crippen molar-refractivity contribution >= 4 is 0 Å². The Morgan fingerprint density at radius 3 is 2.24 bits per heavy atom. The normalized spacial score (nSPS) is 11.5. The summed E-state index contributed by atoms with van der Waals surface area (Å²) in [5.74, 6) is 0. The molecule has 2 nitrogen and oxygen atoms in total. The first-order valence-corrected chi connectivity index (χ1v) is 5.90. The van der Waals surface area contributed by atoms with Crippen molar-refractivity contribution in [2.24, 2.45) is 5.41 Å². The number of aromatic nitrogens is 2. The Bertz CT molecular complexity index is 467. The van der Waals surface area contributed by atoms with E-state index in [2.05, 4.69) is 42.9 Å². The lowest BCUT2D eigenvalue weighted by atomic mass is 9.89. The van der Waals surface area contributed by atoms with Gasteiger partial charge in [0.2, 0.25) is 0 Å². The van der Waals surface area contributed by atoms with Crippen molar-refractivity contribution < 1.29 is 0 Å². The summed E-state index contributed by atoms with van der Waals surface area (Å²) in [6.45, 7) is 6.72.